The zero-order chi connectivity index (χ0) is 17.8. The molecule has 3 aromatic rings. The molecule has 0 fully saturated rings. The molecule has 0 bridgehead atoms. The van der Waals surface area contributed by atoms with E-state index in [4.69, 9.17) is 10.8 Å². The molecule has 0 heterocycles. The van der Waals surface area contributed by atoms with Crippen LogP contribution in [0.3, 0.4) is 0 Å². The van der Waals surface area contributed by atoms with Crippen LogP contribution >= 0.6 is 15.9 Å². The van der Waals surface area contributed by atoms with Crippen molar-refractivity contribution >= 4 is 27.6 Å². The van der Waals surface area contributed by atoms with Crippen LogP contribution in [0.1, 0.15) is 27.0 Å². The summed E-state index contributed by atoms with van der Waals surface area (Å²) in [5, 5.41) is 9.10. The van der Waals surface area contributed by atoms with Gasteiger partial charge in [-0.15, -0.1) is 0 Å². The Morgan fingerprint density at radius 3 is 2.00 bits per heavy atom. The molecule has 0 unspecified atom stereocenters. The molecule has 0 aliphatic carbocycles. The molecule has 0 aromatic heterocycles. The first kappa shape index (κ1) is 17.2. The Hall–Kier alpha value is -2.59. The highest BCUT2D eigenvalue weighted by Crippen LogP contribution is 2.29. The van der Waals surface area contributed by atoms with E-state index in [0.29, 0.717) is 6.42 Å². The fraction of sp³-hybridized carbons (Fsp3) is 0.0476. The van der Waals surface area contributed by atoms with E-state index in [-0.39, 0.29) is 5.56 Å². The lowest BCUT2D eigenvalue weighted by Gasteiger charge is -2.18. The number of benzene rings is 3. The predicted molar refractivity (Wildman–Crippen MR) is 104 cm³/mol. The van der Waals surface area contributed by atoms with E-state index in [9.17, 15) is 4.79 Å². The van der Waals surface area contributed by atoms with Crippen LogP contribution in [0.4, 0.5) is 5.69 Å². The number of carbonyl (C=O) groups is 1. The van der Waals surface area contributed by atoms with Crippen molar-refractivity contribution in [2.24, 2.45) is 0 Å². The zero-order valence-electron chi connectivity index (χ0n) is 13.4. The van der Waals surface area contributed by atoms with Gasteiger partial charge in [0.25, 0.3) is 0 Å². The number of anilines is 1. The van der Waals surface area contributed by atoms with E-state index in [2.05, 4.69) is 28.1 Å². The highest BCUT2D eigenvalue weighted by molar-refractivity contribution is 9.10. The standard InChI is InChI=1S/C21H17BrNO2/c22-18-10-8-16(9-11-18)20(13-14-2-1-3-19(23)12-14)15-4-6-17(7-5-15)21(24)25/h1-12H,13,23H2,(H,24,25). The van der Waals surface area contributed by atoms with Gasteiger partial charge in [0, 0.05) is 16.1 Å². The topological polar surface area (TPSA) is 63.3 Å². The third-order valence-corrected chi connectivity index (χ3v) is 4.53. The number of nitrogens with two attached hydrogens (primary N) is 1. The van der Waals surface area contributed by atoms with Gasteiger partial charge in [0.05, 0.1) is 5.56 Å². The van der Waals surface area contributed by atoms with Gasteiger partial charge in [-0.2, -0.15) is 0 Å². The normalized spacial score (nSPS) is 10.8. The quantitative estimate of drug-likeness (QED) is 0.602. The Morgan fingerprint density at radius 2 is 1.44 bits per heavy atom. The van der Waals surface area contributed by atoms with Gasteiger partial charge in [-0.3, -0.25) is 0 Å². The van der Waals surface area contributed by atoms with E-state index in [1.165, 1.54) is 0 Å². The Kier molecular flexibility index (Phi) is 5.19. The first-order valence-corrected chi connectivity index (χ1v) is 8.62. The van der Waals surface area contributed by atoms with Crippen molar-refractivity contribution in [3.05, 3.63) is 105 Å². The predicted octanol–water partition coefficient (Wildman–Crippen LogP) is 4.94. The van der Waals surface area contributed by atoms with E-state index < -0.39 is 5.97 Å². The van der Waals surface area contributed by atoms with Crippen LogP contribution in [-0.2, 0) is 6.42 Å². The van der Waals surface area contributed by atoms with Crippen LogP contribution in [-0.4, -0.2) is 11.1 Å². The number of halogens is 1. The Bertz CT molecular complexity index is 873. The maximum atomic E-state index is 11.1. The third-order valence-electron chi connectivity index (χ3n) is 4.00. The van der Waals surface area contributed by atoms with E-state index in [1.807, 2.05) is 48.5 Å². The molecule has 3 nitrogen and oxygen atoms in total. The molecule has 0 spiro atoms. The Balaban J connectivity index is 1.98. The monoisotopic (exact) mass is 394 g/mol. The lowest BCUT2D eigenvalue weighted by molar-refractivity contribution is 0.0697. The molecule has 0 amide bonds. The summed E-state index contributed by atoms with van der Waals surface area (Å²) in [5.41, 5.74) is 10.1. The maximum Gasteiger partial charge on any atom is 0.335 e. The van der Waals surface area contributed by atoms with Crippen molar-refractivity contribution in [3.8, 4) is 0 Å². The van der Waals surface area contributed by atoms with Crippen molar-refractivity contribution < 1.29 is 9.90 Å². The van der Waals surface area contributed by atoms with E-state index in [0.717, 1.165) is 32.8 Å². The summed E-state index contributed by atoms with van der Waals surface area (Å²) in [6, 6.07) is 22.9. The minimum Gasteiger partial charge on any atom is -0.478 e. The van der Waals surface area contributed by atoms with Crippen molar-refractivity contribution in [1.29, 1.82) is 0 Å². The van der Waals surface area contributed by atoms with Gasteiger partial charge in [0.1, 0.15) is 0 Å². The largest absolute Gasteiger partial charge is 0.478 e. The van der Waals surface area contributed by atoms with Crippen LogP contribution in [0.5, 0.6) is 0 Å². The lowest BCUT2D eigenvalue weighted by Crippen LogP contribution is -2.07. The molecule has 1 radical (unpaired) electrons. The van der Waals surface area contributed by atoms with Crippen molar-refractivity contribution in [1.82, 2.24) is 0 Å². The number of carboxylic acids is 1. The fourth-order valence-electron chi connectivity index (χ4n) is 2.74. The van der Waals surface area contributed by atoms with Crippen LogP contribution in [0.25, 0.3) is 0 Å². The minimum atomic E-state index is -0.924. The third kappa shape index (κ3) is 4.28. The van der Waals surface area contributed by atoms with Crippen LogP contribution in [0.2, 0.25) is 0 Å². The summed E-state index contributed by atoms with van der Waals surface area (Å²) in [6.07, 6.45) is 0.707. The van der Waals surface area contributed by atoms with Gasteiger partial charge >= 0.3 is 5.97 Å². The molecule has 3 rings (SSSR count). The Morgan fingerprint density at radius 1 is 0.880 bits per heavy atom. The molecule has 25 heavy (non-hydrogen) atoms. The minimum absolute atomic E-state index is 0.280. The summed E-state index contributed by atoms with van der Waals surface area (Å²) in [7, 11) is 0. The summed E-state index contributed by atoms with van der Waals surface area (Å²) in [4.78, 5) is 11.1. The summed E-state index contributed by atoms with van der Waals surface area (Å²) in [5.74, 6) is 0.197. The van der Waals surface area contributed by atoms with Gasteiger partial charge < -0.3 is 10.8 Å². The van der Waals surface area contributed by atoms with Crippen LogP contribution in [0.15, 0.2) is 77.3 Å². The molecule has 0 aliphatic heterocycles. The highest BCUT2D eigenvalue weighted by Gasteiger charge is 2.17. The number of aromatic carboxylic acids is 1. The Labute approximate surface area is 155 Å². The highest BCUT2D eigenvalue weighted by atomic mass is 79.9. The van der Waals surface area contributed by atoms with Gasteiger partial charge in [0.15, 0.2) is 0 Å². The number of nitrogen functional groups attached to an aromatic ring is 1. The second-order valence-electron chi connectivity index (χ2n) is 5.79. The van der Waals surface area contributed by atoms with Gasteiger partial charge in [-0.25, -0.2) is 4.79 Å². The van der Waals surface area contributed by atoms with E-state index >= 15 is 0 Å². The first-order valence-electron chi connectivity index (χ1n) is 7.83. The first-order chi connectivity index (χ1) is 12.0. The molecule has 0 aliphatic rings. The molecule has 0 saturated heterocycles. The lowest BCUT2D eigenvalue weighted by atomic mass is 9.85. The summed E-state index contributed by atoms with van der Waals surface area (Å²) < 4.78 is 1.01. The molecule has 125 valence electrons. The van der Waals surface area contributed by atoms with Crippen molar-refractivity contribution in [2.45, 2.75) is 6.42 Å². The zero-order valence-corrected chi connectivity index (χ0v) is 15.0. The average molecular weight is 395 g/mol. The number of hydrogen-bond donors (Lipinski definition) is 2. The maximum absolute atomic E-state index is 11.1. The number of carboxylic acid groups (broad SMARTS) is 1. The number of hydrogen-bond acceptors (Lipinski definition) is 2. The van der Waals surface area contributed by atoms with Crippen molar-refractivity contribution in [3.63, 3.8) is 0 Å². The molecule has 0 saturated carbocycles. The number of rotatable bonds is 5. The second-order valence-corrected chi connectivity index (χ2v) is 6.71. The molecule has 3 aromatic carbocycles. The van der Waals surface area contributed by atoms with Crippen molar-refractivity contribution in [2.75, 3.05) is 5.73 Å². The van der Waals surface area contributed by atoms with Gasteiger partial charge in [-0.1, -0.05) is 52.3 Å². The molecule has 3 N–H and O–H groups in total. The molecular formula is C21H17BrNO2. The van der Waals surface area contributed by atoms with Crippen LogP contribution in [0, 0.1) is 5.92 Å². The van der Waals surface area contributed by atoms with Crippen LogP contribution < -0.4 is 5.73 Å². The molecule has 0 atom stereocenters. The van der Waals surface area contributed by atoms with Gasteiger partial charge in [-0.05, 0) is 59.5 Å². The smallest absolute Gasteiger partial charge is 0.335 e. The average Bonchev–Trinajstić information content (AvgIpc) is 2.61. The second kappa shape index (κ2) is 7.53. The molecular weight excluding hydrogens is 378 g/mol. The summed E-state index contributed by atoms with van der Waals surface area (Å²) in [6.45, 7) is 0. The SMILES string of the molecule is Nc1cccc(C[C](c2ccc(Br)cc2)c2ccc(C(=O)O)cc2)c1. The van der Waals surface area contributed by atoms with Gasteiger partial charge in [0.2, 0.25) is 0 Å². The van der Waals surface area contributed by atoms with E-state index in [1.54, 1.807) is 12.1 Å². The summed E-state index contributed by atoms with van der Waals surface area (Å²) >= 11 is 3.46. The fourth-order valence-corrected chi connectivity index (χ4v) is 3.01. The molecule has 4 heteroatoms.